The Morgan fingerprint density at radius 1 is 1.15 bits per heavy atom. The monoisotopic (exact) mass is 273 g/mol. The fourth-order valence-corrected chi connectivity index (χ4v) is 2.66. The molecule has 3 nitrogen and oxygen atoms in total. The summed E-state index contributed by atoms with van der Waals surface area (Å²) in [6, 6.07) is 7.27. The van der Waals surface area contributed by atoms with Crippen LogP contribution in [-0.4, -0.2) is 17.1 Å². The van der Waals surface area contributed by atoms with Crippen LogP contribution in [0.5, 0.6) is 0 Å². The summed E-state index contributed by atoms with van der Waals surface area (Å²) in [5, 5.41) is 12.4. The summed E-state index contributed by atoms with van der Waals surface area (Å²) < 4.78 is 0. The molecule has 2 N–H and O–H groups in total. The molecule has 0 aliphatic heterocycles. The highest BCUT2D eigenvalue weighted by Gasteiger charge is 2.10. The van der Waals surface area contributed by atoms with Crippen molar-refractivity contribution in [2.45, 2.75) is 51.5 Å². The highest BCUT2D eigenvalue weighted by atomic mass is 16.4. The number of carboxylic acid groups (broad SMARTS) is 1. The van der Waals surface area contributed by atoms with Gasteiger partial charge in [-0.15, -0.1) is 0 Å². The molecule has 3 heteroatoms. The van der Waals surface area contributed by atoms with E-state index in [0.717, 1.165) is 5.69 Å². The van der Waals surface area contributed by atoms with E-state index in [9.17, 15) is 4.79 Å². The van der Waals surface area contributed by atoms with Crippen molar-refractivity contribution in [3.05, 3.63) is 41.5 Å². The van der Waals surface area contributed by atoms with Gasteiger partial charge in [-0.05, 0) is 56.9 Å². The summed E-state index contributed by atoms with van der Waals surface area (Å²) >= 11 is 0. The molecule has 108 valence electrons. The number of carbonyl (C=O) groups is 1. The van der Waals surface area contributed by atoms with Crippen LogP contribution < -0.4 is 5.32 Å². The van der Waals surface area contributed by atoms with Crippen molar-refractivity contribution in [1.82, 2.24) is 0 Å². The van der Waals surface area contributed by atoms with Gasteiger partial charge < -0.3 is 10.4 Å². The predicted octanol–water partition coefficient (Wildman–Crippen LogP) is 4.47. The Labute approximate surface area is 120 Å². The van der Waals surface area contributed by atoms with Crippen LogP contribution in [0.25, 0.3) is 0 Å². The van der Waals surface area contributed by atoms with E-state index in [-0.39, 0.29) is 0 Å². The van der Waals surface area contributed by atoms with Gasteiger partial charge in [0.2, 0.25) is 0 Å². The van der Waals surface area contributed by atoms with Crippen molar-refractivity contribution in [3.63, 3.8) is 0 Å². The summed E-state index contributed by atoms with van der Waals surface area (Å²) in [6.45, 7) is 2.18. The third-order valence-corrected chi connectivity index (χ3v) is 3.90. The average molecular weight is 273 g/mol. The third kappa shape index (κ3) is 4.12. The lowest BCUT2D eigenvalue weighted by Gasteiger charge is -2.21. The maximum atomic E-state index is 10.8. The Morgan fingerprint density at radius 3 is 2.55 bits per heavy atom. The first kappa shape index (κ1) is 14.6. The molecule has 0 heterocycles. The largest absolute Gasteiger partial charge is 0.478 e. The minimum Gasteiger partial charge on any atom is -0.478 e. The average Bonchev–Trinajstić information content (AvgIpc) is 2.38. The lowest BCUT2D eigenvalue weighted by atomic mass is 9.95. The SMILES string of the molecule is CC(Nc1ccc(C(=O)O)cc1)/C1=C/CCCCCC1. The van der Waals surface area contributed by atoms with Crippen LogP contribution in [0, 0.1) is 0 Å². The zero-order chi connectivity index (χ0) is 14.4. The van der Waals surface area contributed by atoms with Gasteiger partial charge in [-0.2, -0.15) is 0 Å². The molecular formula is C17H23NO2. The zero-order valence-electron chi connectivity index (χ0n) is 12.1. The van der Waals surface area contributed by atoms with Gasteiger partial charge in [-0.1, -0.05) is 24.5 Å². The minimum atomic E-state index is -0.882. The molecule has 1 unspecified atom stereocenters. The first-order valence-electron chi connectivity index (χ1n) is 7.45. The van der Waals surface area contributed by atoms with E-state index in [0.29, 0.717) is 11.6 Å². The van der Waals surface area contributed by atoms with Gasteiger partial charge in [0.15, 0.2) is 0 Å². The van der Waals surface area contributed by atoms with E-state index in [1.54, 1.807) is 12.1 Å². The summed E-state index contributed by atoms with van der Waals surface area (Å²) in [4.78, 5) is 10.8. The van der Waals surface area contributed by atoms with Crippen molar-refractivity contribution >= 4 is 11.7 Å². The Balaban J connectivity index is 1.99. The number of benzene rings is 1. The summed E-state index contributed by atoms with van der Waals surface area (Å²) in [5.74, 6) is -0.882. The zero-order valence-corrected chi connectivity index (χ0v) is 12.1. The van der Waals surface area contributed by atoms with Crippen LogP contribution in [-0.2, 0) is 0 Å². The lowest BCUT2D eigenvalue weighted by Crippen LogP contribution is -2.18. The molecule has 2 rings (SSSR count). The van der Waals surface area contributed by atoms with Gasteiger partial charge in [0.05, 0.1) is 5.56 Å². The molecular weight excluding hydrogens is 250 g/mol. The molecule has 0 saturated heterocycles. The fraction of sp³-hybridized carbons (Fsp3) is 0.471. The van der Waals surface area contributed by atoms with Crippen LogP contribution in [0.4, 0.5) is 5.69 Å². The molecule has 0 fully saturated rings. The van der Waals surface area contributed by atoms with Crippen molar-refractivity contribution in [1.29, 1.82) is 0 Å². The number of hydrogen-bond donors (Lipinski definition) is 2. The van der Waals surface area contributed by atoms with Gasteiger partial charge in [-0.25, -0.2) is 4.79 Å². The summed E-state index contributed by atoms with van der Waals surface area (Å²) in [7, 11) is 0. The molecule has 1 aromatic carbocycles. The first-order chi connectivity index (χ1) is 9.66. The predicted molar refractivity (Wildman–Crippen MR) is 82.3 cm³/mol. The molecule has 0 amide bonds. The van der Waals surface area contributed by atoms with Gasteiger partial charge in [0.1, 0.15) is 0 Å². The fourth-order valence-electron chi connectivity index (χ4n) is 2.66. The molecule has 1 aliphatic carbocycles. The highest BCUT2D eigenvalue weighted by Crippen LogP contribution is 2.22. The molecule has 20 heavy (non-hydrogen) atoms. The maximum Gasteiger partial charge on any atom is 0.335 e. The molecule has 0 radical (unpaired) electrons. The van der Waals surface area contributed by atoms with Crippen LogP contribution >= 0.6 is 0 Å². The van der Waals surface area contributed by atoms with E-state index in [1.165, 1.54) is 44.1 Å². The van der Waals surface area contributed by atoms with Gasteiger partial charge in [-0.3, -0.25) is 0 Å². The molecule has 1 aromatic rings. The van der Waals surface area contributed by atoms with E-state index in [2.05, 4.69) is 18.3 Å². The Morgan fingerprint density at radius 2 is 1.85 bits per heavy atom. The Kier molecular flexibility index (Phi) is 5.22. The van der Waals surface area contributed by atoms with Crippen molar-refractivity contribution in [2.24, 2.45) is 0 Å². The maximum absolute atomic E-state index is 10.8. The van der Waals surface area contributed by atoms with E-state index in [1.807, 2.05) is 12.1 Å². The molecule has 1 aliphatic rings. The van der Waals surface area contributed by atoms with Gasteiger partial charge in [0.25, 0.3) is 0 Å². The molecule has 0 saturated carbocycles. The number of hydrogen-bond acceptors (Lipinski definition) is 2. The number of allylic oxidation sites excluding steroid dienone is 1. The number of anilines is 1. The molecule has 0 bridgehead atoms. The second kappa shape index (κ2) is 7.13. The second-order valence-electron chi connectivity index (χ2n) is 5.48. The lowest BCUT2D eigenvalue weighted by molar-refractivity contribution is 0.0697. The normalized spacial score (nSPS) is 20.1. The van der Waals surface area contributed by atoms with Crippen LogP contribution in [0.2, 0.25) is 0 Å². The number of rotatable bonds is 4. The van der Waals surface area contributed by atoms with Crippen LogP contribution in [0.15, 0.2) is 35.9 Å². The summed E-state index contributed by atoms with van der Waals surface area (Å²) in [5.41, 5.74) is 2.78. The third-order valence-electron chi connectivity index (χ3n) is 3.90. The molecule has 0 spiro atoms. The quantitative estimate of drug-likeness (QED) is 0.796. The minimum absolute atomic E-state index is 0.309. The number of carboxylic acids is 1. The smallest absolute Gasteiger partial charge is 0.335 e. The first-order valence-corrected chi connectivity index (χ1v) is 7.45. The number of aromatic carboxylic acids is 1. The van der Waals surface area contributed by atoms with Crippen molar-refractivity contribution < 1.29 is 9.90 Å². The molecule has 1 atom stereocenters. The van der Waals surface area contributed by atoms with Crippen LogP contribution in [0.1, 0.15) is 55.8 Å². The Bertz CT molecular complexity index is 476. The van der Waals surface area contributed by atoms with Gasteiger partial charge >= 0.3 is 5.97 Å². The van der Waals surface area contributed by atoms with Crippen LogP contribution in [0.3, 0.4) is 0 Å². The molecule has 0 aromatic heterocycles. The number of nitrogens with one attached hydrogen (secondary N) is 1. The van der Waals surface area contributed by atoms with E-state index >= 15 is 0 Å². The Hall–Kier alpha value is -1.77. The van der Waals surface area contributed by atoms with Gasteiger partial charge in [0, 0.05) is 11.7 Å². The standard InChI is InChI=1S/C17H23NO2/c1-13(14-7-5-3-2-4-6-8-14)18-16-11-9-15(10-12-16)17(19)20/h7,9-13,18H,2-6,8H2,1H3,(H,19,20)/b14-7+. The van der Waals surface area contributed by atoms with Crippen molar-refractivity contribution in [2.75, 3.05) is 5.32 Å². The van der Waals surface area contributed by atoms with E-state index < -0.39 is 5.97 Å². The second-order valence-corrected chi connectivity index (χ2v) is 5.48. The summed E-state index contributed by atoms with van der Waals surface area (Å²) in [6.07, 6.45) is 9.97. The van der Waals surface area contributed by atoms with Crippen molar-refractivity contribution in [3.8, 4) is 0 Å². The topological polar surface area (TPSA) is 49.3 Å². The highest BCUT2D eigenvalue weighted by molar-refractivity contribution is 5.88. The van der Waals surface area contributed by atoms with E-state index in [4.69, 9.17) is 5.11 Å².